The van der Waals surface area contributed by atoms with Gasteiger partial charge in [-0.2, -0.15) is 0 Å². The van der Waals surface area contributed by atoms with E-state index in [9.17, 15) is 23.7 Å². The standard InChI is InChI=1S/C31H35N6O10P/c1-4-13-36(31(41)46-17-45-30(40)20-7-11-23(12-8-20)47-48(42,43)44)29(39)24-15-37-26(19(24)3)27(32-16-33-37)35-25-14-21(6-5-18(25)2)28(38)34-22-9-10-22/h5-8,11-12,14,16,22,24H,4,9-10,13,15,17H2,1-3H3,(H,34,38)(H,32,33,35)(H2,42,43,44). The largest absolute Gasteiger partial charge is 0.524 e. The van der Waals surface area contributed by atoms with Gasteiger partial charge < -0.3 is 19.3 Å². The Morgan fingerprint density at radius 1 is 1.08 bits per heavy atom. The summed E-state index contributed by atoms with van der Waals surface area (Å²) in [5, 5.41) is 4.69. The Kier molecular flexibility index (Phi) is 10.3. The SMILES string of the molecule is CCCN(C(=O)OCOC(=O)c1ccc(OP(=O)(O)O)cc1)C(=O)C1CN2NC=NC(=Nc3cc(C(=O)NC4CC4)ccc3C)C2=C1C. The second-order valence-corrected chi connectivity index (χ2v) is 12.5. The van der Waals surface area contributed by atoms with Crippen molar-refractivity contribution < 1.29 is 47.5 Å². The number of ether oxygens (including phenoxy) is 2. The number of phosphoric ester groups is 1. The number of esters is 1. The van der Waals surface area contributed by atoms with Gasteiger partial charge >= 0.3 is 19.9 Å². The number of nitrogens with zero attached hydrogens (tertiary/aromatic N) is 4. The fraction of sp³-hybridized carbons (Fsp3) is 0.355. The van der Waals surface area contributed by atoms with Crippen LogP contribution in [0.25, 0.3) is 0 Å². The first kappa shape index (κ1) is 34.3. The van der Waals surface area contributed by atoms with Crippen LogP contribution in [0.15, 0.2) is 63.7 Å². The number of hydrazine groups is 1. The number of carbonyl (C=O) groups excluding carboxylic acids is 4. The molecular formula is C31H35N6O10P. The average Bonchev–Trinajstić information content (AvgIpc) is 3.79. The Morgan fingerprint density at radius 3 is 2.46 bits per heavy atom. The van der Waals surface area contributed by atoms with Crippen molar-refractivity contribution in [1.29, 1.82) is 0 Å². The number of fused-ring (bicyclic) bond motifs is 1. The molecule has 2 heterocycles. The van der Waals surface area contributed by atoms with Crippen LogP contribution in [0.1, 0.15) is 59.4 Å². The second kappa shape index (κ2) is 14.4. The zero-order valence-corrected chi connectivity index (χ0v) is 27.3. The highest BCUT2D eigenvalue weighted by atomic mass is 31.2. The maximum absolute atomic E-state index is 13.7. The van der Waals surface area contributed by atoms with Crippen LogP contribution in [0.2, 0.25) is 0 Å². The molecule has 2 aliphatic heterocycles. The average molecular weight is 683 g/mol. The van der Waals surface area contributed by atoms with E-state index < -0.39 is 38.5 Å². The van der Waals surface area contributed by atoms with Crippen LogP contribution in [0.4, 0.5) is 10.5 Å². The van der Waals surface area contributed by atoms with Crippen LogP contribution in [-0.4, -0.2) is 81.7 Å². The van der Waals surface area contributed by atoms with Gasteiger partial charge in [-0.25, -0.2) is 29.0 Å². The first-order valence-electron chi connectivity index (χ1n) is 15.1. The lowest BCUT2D eigenvalue weighted by atomic mass is 10.0. The fourth-order valence-corrected chi connectivity index (χ4v) is 5.43. The third-order valence-corrected chi connectivity index (χ3v) is 8.12. The third-order valence-electron chi connectivity index (χ3n) is 7.67. The van der Waals surface area contributed by atoms with E-state index in [-0.39, 0.29) is 36.4 Å². The number of hydrogen-bond acceptors (Lipinski definition) is 11. The molecule has 1 atom stereocenters. The number of rotatable bonds is 11. The maximum atomic E-state index is 13.7. The minimum Gasteiger partial charge on any atom is -0.424 e. The van der Waals surface area contributed by atoms with Crippen molar-refractivity contribution in [3.8, 4) is 5.75 Å². The lowest BCUT2D eigenvalue weighted by molar-refractivity contribution is -0.133. The van der Waals surface area contributed by atoms with Gasteiger partial charge in [0, 0.05) is 18.2 Å². The summed E-state index contributed by atoms with van der Waals surface area (Å²) in [5.41, 5.74) is 6.07. The Balaban J connectivity index is 1.25. The molecule has 16 nitrogen and oxygen atoms in total. The molecule has 2 aromatic rings. The Bertz CT molecular complexity index is 1750. The number of amidine groups is 1. The van der Waals surface area contributed by atoms with Crippen LogP contribution < -0.4 is 15.3 Å². The predicted octanol–water partition coefficient (Wildman–Crippen LogP) is 3.33. The van der Waals surface area contributed by atoms with Crippen LogP contribution in [0, 0.1) is 12.8 Å². The second-order valence-electron chi connectivity index (χ2n) is 11.3. The number of aryl methyl sites for hydroxylation is 1. The highest BCUT2D eigenvalue weighted by Gasteiger charge is 2.41. The van der Waals surface area contributed by atoms with Crippen molar-refractivity contribution in [2.24, 2.45) is 15.9 Å². The monoisotopic (exact) mass is 682 g/mol. The minimum atomic E-state index is -4.76. The molecule has 0 saturated heterocycles. The van der Waals surface area contributed by atoms with Gasteiger partial charge in [0.1, 0.15) is 17.8 Å². The molecule has 0 aromatic heterocycles. The molecule has 1 aliphatic carbocycles. The zero-order valence-electron chi connectivity index (χ0n) is 26.4. The first-order chi connectivity index (χ1) is 22.8. The molecule has 0 bridgehead atoms. The summed E-state index contributed by atoms with van der Waals surface area (Å²) in [6, 6.07) is 10.2. The molecule has 2 aromatic carbocycles. The van der Waals surface area contributed by atoms with Gasteiger partial charge in [0.2, 0.25) is 12.7 Å². The number of nitrogens with one attached hydrogen (secondary N) is 2. The van der Waals surface area contributed by atoms with Gasteiger partial charge in [0.25, 0.3) is 5.91 Å². The summed E-state index contributed by atoms with van der Waals surface area (Å²) >= 11 is 0. The van der Waals surface area contributed by atoms with Gasteiger partial charge in [-0.1, -0.05) is 13.0 Å². The van der Waals surface area contributed by atoms with E-state index in [4.69, 9.17) is 24.3 Å². The maximum Gasteiger partial charge on any atom is 0.524 e. The molecule has 1 saturated carbocycles. The van der Waals surface area contributed by atoms with Crippen molar-refractivity contribution in [3.63, 3.8) is 0 Å². The van der Waals surface area contributed by atoms with E-state index in [0.717, 1.165) is 35.4 Å². The van der Waals surface area contributed by atoms with Crippen LogP contribution in [0.5, 0.6) is 5.75 Å². The number of phosphoric acid groups is 1. The summed E-state index contributed by atoms with van der Waals surface area (Å²) < 4.78 is 25.5. The molecule has 0 spiro atoms. The van der Waals surface area contributed by atoms with E-state index in [1.165, 1.54) is 18.5 Å². The molecule has 5 rings (SSSR count). The number of carbonyl (C=O) groups is 4. The molecule has 1 unspecified atom stereocenters. The zero-order chi connectivity index (χ0) is 34.6. The van der Waals surface area contributed by atoms with E-state index in [2.05, 4.69) is 20.3 Å². The van der Waals surface area contributed by atoms with Gasteiger partial charge in [-0.3, -0.25) is 29.8 Å². The molecule has 254 valence electrons. The number of hydrogen-bond donors (Lipinski definition) is 4. The number of amides is 3. The highest BCUT2D eigenvalue weighted by Crippen LogP contribution is 2.37. The van der Waals surface area contributed by atoms with E-state index in [1.54, 1.807) is 31.0 Å². The van der Waals surface area contributed by atoms with Gasteiger partial charge in [0.15, 0.2) is 5.84 Å². The molecule has 3 amide bonds. The molecule has 1 fully saturated rings. The fourth-order valence-electron chi connectivity index (χ4n) is 5.04. The summed E-state index contributed by atoms with van der Waals surface area (Å²) in [5.74, 6) is -2.16. The highest BCUT2D eigenvalue weighted by molar-refractivity contribution is 7.46. The Morgan fingerprint density at radius 2 is 1.79 bits per heavy atom. The van der Waals surface area contributed by atoms with Crippen LogP contribution in [-0.2, 0) is 18.8 Å². The summed E-state index contributed by atoms with van der Waals surface area (Å²) in [6.45, 7) is 4.86. The normalized spacial score (nSPS) is 17.8. The Hall–Kier alpha value is -5.05. The molecular weight excluding hydrogens is 647 g/mol. The van der Waals surface area contributed by atoms with Crippen molar-refractivity contribution in [2.45, 2.75) is 46.1 Å². The minimum absolute atomic E-state index is 0.00564. The van der Waals surface area contributed by atoms with Gasteiger partial charge in [0.05, 0.1) is 23.7 Å². The molecule has 48 heavy (non-hydrogen) atoms. The van der Waals surface area contributed by atoms with Crippen molar-refractivity contribution >= 4 is 49.6 Å². The van der Waals surface area contributed by atoms with Gasteiger partial charge in [-0.05, 0) is 80.6 Å². The summed E-state index contributed by atoms with van der Waals surface area (Å²) in [6.07, 6.45) is 2.83. The molecule has 17 heteroatoms. The number of aliphatic imine (C=N–C) groups is 2. The third kappa shape index (κ3) is 8.26. The lowest BCUT2D eigenvalue weighted by Gasteiger charge is -2.26. The summed E-state index contributed by atoms with van der Waals surface area (Å²) in [7, 11) is -4.76. The van der Waals surface area contributed by atoms with Crippen LogP contribution in [0.3, 0.4) is 0 Å². The quantitative estimate of drug-likeness (QED) is 0.153. The van der Waals surface area contributed by atoms with Crippen molar-refractivity contribution in [1.82, 2.24) is 20.7 Å². The van der Waals surface area contributed by atoms with E-state index >= 15 is 0 Å². The molecule has 3 aliphatic rings. The predicted molar refractivity (Wildman–Crippen MR) is 171 cm³/mol. The topological polar surface area (TPSA) is 209 Å². The van der Waals surface area contributed by atoms with E-state index in [0.29, 0.717) is 34.8 Å². The number of imide groups is 1. The smallest absolute Gasteiger partial charge is 0.424 e. The van der Waals surface area contributed by atoms with E-state index in [1.807, 2.05) is 13.0 Å². The van der Waals surface area contributed by atoms with Crippen LogP contribution >= 0.6 is 7.82 Å². The Labute approximate surface area is 275 Å². The first-order valence-corrected chi connectivity index (χ1v) is 16.7. The number of benzene rings is 2. The molecule has 4 N–H and O–H groups in total. The van der Waals surface area contributed by atoms with Crippen molar-refractivity contribution in [2.75, 3.05) is 19.9 Å². The summed E-state index contributed by atoms with van der Waals surface area (Å²) in [4.78, 5) is 79.7. The molecule has 0 radical (unpaired) electrons. The van der Waals surface area contributed by atoms with Gasteiger partial charge in [-0.15, -0.1) is 0 Å². The lowest BCUT2D eigenvalue weighted by Crippen LogP contribution is -2.45. The van der Waals surface area contributed by atoms with Crippen molar-refractivity contribution in [3.05, 3.63) is 70.4 Å².